The van der Waals surface area contributed by atoms with Crippen molar-refractivity contribution in [1.29, 1.82) is 0 Å². The predicted octanol–water partition coefficient (Wildman–Crippen LogP) is -0.505. The number of sulfone groups is 1. The number of aliphatic hydroxyl groups is 1. The summed E-state index contributed by atoms with van der Waals surface area (Å²) >= 11 is 0. The number of ether oxygens (including phenoxy) is 1. The van der Waals surface area contributed by atoms with Gasteiger partial charge in [0.15, 0.2) is 15.9 Å². The summed E-state index contributed by atoms with van der Waals surface area (Å²) in [5.74, 6) is -1.42. The predicted molar refractivity (Wildman–Crippen MR) is 75.3 cm³/mol. The number of carbonyl (C=O) groups excluding carboxylic acids is 2. The first kappa shape index (κ1) is 17.1. The molecule has 1 unspecified atom stereocenters. The van der Waals surface area contributed by atoms with E-state index < -0.39 is 27.8 Å². The number of rotatable bonds is 6. The van der Waals surface area contributed by atoms with Gasteiger partial charge in [-0.2, -0.15) is 0 Å². The van der Waals surface area contributed by atoms with Crippen molar-refractivity contribution in [2.75, 3.05) is 19.9 Å². The maximum atomic E-state index is 11.8. The molecule has 1 amide bonds. The van der Waals surface area contributed by atoms with Crippen LogP contribution in [0, 0.1) is 0 Å². The molecular formula is C13H17NO6S. The second-order valence-corrected chi connectivity index (χ2v) is 6.66. The van der Waals surface area contributed by atoms with Crippen LogP contribution >= 0.6 is 0 Å². The van der Waals surface area contributed by atoms with Gasteiger partial charge in [0.25, 0.3) is 5.91 Å². The zero-order chi connectivity index (χ0) is 16.0. The minimum Gasteiger partial charge on any atom is -0.467 e. The second-order valence-electron chi connectivity index (χ2n) is 4.52. The molecule has 0 aliphatic carbocycles. The molecule has 21 heavy (non-hydrogen) atoms. The third-order valence-electron chi connectivity index (χ3n) is 2.57. The average Bonchev–Trinajstić information content (AvgIpc) is 2.42. The summed E-state index contributed by atoms with van der Waals surface area (Å²) < 4.78 is 26.6. The normalized spacial score (nSPS) is 12.5. The number of carbonyl (C=O) groups is 2. The first-order valence-electron chi connectivity index (χ1n) is 6.03. The topological polar surface area (TPSA) is 110 Å². The minimum absolute atomic E-state index is 0.101. The van der Waals surface area contributed by atoms with Crippen LogP contribution in [0.2, 0.25) is 0 Å². The SMILES string of the molecule is COC(=O)C(O)CNC(=O)c1ccc(CS(C)(=O)=O)cc1. The Labute approximate surface area is 122 Å². The molecule has 7 nitrogen and oxygen atoms in total. The fourth-order valence-corrected chi connectivity index (χ4v) is 2.36. The van der Waals surface area contributed by atoms with Gasteiger partial charge in [0.1, 0.15) is 0 Å². The van der Waals surface area contributed by atoms with E-state index in [0.717, 1.165) is 13.4 Å². The van der Waals surface area contributed by atoms with Gasteiger partial charge in [-0.3, -0.25) is 4.79 Å². The van der Waals surface area contributed by atoms with Crippen LogP contribution in [0.25, 0.3) is 0 Å². The van der Waals surface area contributed by atoms with Gasteiger partial charge in [-0.1, -0.05) is 12.1 Å². The van der Waals surface area contributed by atoms with E-state index in [-0.39, 0.29) is 12.3 Å². The number of esters is 1. The quantitative estimate of drug-likeness (QED) is 0.685. The average molecular weight is 315 g/mol. The molecule has 0 saturated heterocycles. The lowest BCUT2D eigenvalue weighted by Gasteiger charge is -2.10. The first-order valence-corrected chi connectivity index (χ1v) is 8.09. The molecule has 0 fully saturated rings. The smallest absolute Gasteiger partial charge is 0.336 e. The Balaban J connectivity index is 2.61. The standard InChI is InChI=1S/C13H17NO6S/c1-20-13(17)11(15)7-14-12(16)10-5-3-9(4-6-10)8-21(2,18)19/h3-6,11,15H,7-8H2,1-2H3,(H,14,16). The summed E-state index contributed by atoms with van der Waals surface area (Å²) in [4.78, 5) is 22.7. The van der Waals surface area contributed by atoms with Crippen molar-refractivity contribution in [2.24, 2.45) is 0 Å². The van der Waals surface area contributed by atoms with Crippen LogP contribution < -0.4 is 5.32 Å². The maximum absolute atomic E-state index is 11.8. The summed E-state index contributed by atoms with van der Waals surface area (Å²) in [5.41, 5.74) is 0.868. The lowest BCUT2D eigenvalue weighted by Crippen LogP contribution is -2.37. The van der Waals surface area contributed by atoms with Crippen molar-refractivity contribution in [3.05, 3.63) is 35.4 Å². The van der Waals surface area contributed by atoms with Crippen LogP contribution in [-0.2, 0) is 25.1 Å². The summed E-state index contributed by atoms with van der Waals surface area (Å²) in [5, 5.41) is 11.7. The molecule has 116 valence electrons. The highest BCUT2D eigenvalue weighted by molar-refractivity contribution is 7.89. The van der Waals surface area contributed by atoms with Crippen molar-refractivity contribution in [2.45, 2.75) is 11.9 Å². The Kier molecular flexibility index (Phi) is 5.86. The molecule has 0 bridgehead atoms. The van der Waals surface area contributed by atoms with Gasteiger partial charge >= 0.3 is 5.97 Å². The van der Waals surface area contributed by atoms with E-state index in [0.29, 0.717) is 11.1 Å². The fraction of sp³-hybridized carbons (Fsp3) is 0.385. The van der Waals surface area contributed by atoms with Gasteiger partial charge in [0.05, 0.1) is 19.4 Å². The van der Waals surface area contributed by atoms with Gasteiger partial charge in [-0.05, 0) is 17.7 Å². The van der Waals surface area contributed by atoms with Gasteiger partial charge in [-0.15, -0.1) is 0 Å². The largest absolute Gasteiger partial charge is 0.467 e. The molecule has 0 spiro atoms. The van der Waals surface area contributed by atoms with Crippen molar-refractivity contribution in [3.63, 3.8) is 0 Å². The molecule has 0 radical (unpaired) electrons. The maximum Gasteiger partial charge on any atom is 0.336 e. The number of hydrogen-bond acceptors (Lipinski definition) is 6. The molecule has 0 aliphatic heterocycles. The van der Waals surface area contributed by atoms with Crippen LogP contribution in [-0.4, -0.2) is 51.4 Å². The number of hydrogen-bond donors (Lipinski definition) is 2. The fourth-order valence-electron chi connectivity index (χ4n) is 1.57. The molecule has 1 aromatic carbocycles. The van der Waals surface area contributed by atoms with E-state index in [9.17, 15) is 23.1 Å². The number of methoxy groups -OCH3 is 1. The lowest BCUT2D eigenvalue weighted by atomic mass is 10.1. The Morgan fingerprint density at radius 3 is 2.33 bits per heavy atom. The number of nitrogens with one attached hydrogen (secondary N) is 1. The van der Waals surface area contributed by atoms with Crippen molar-refractivity contribution in [1.82, 2.24) is 5.32 Å². The van der Waals surface area contributed by atoms with Gasteiger partial charge in [-0.25, -0.2) is 13.2 Å². The third kappa shape index (κ3) is 5.92. The Hall–Kier alpha value is -1.93. The molecule has 0 aromatic heterocycles. The van der Waals surface area contributed by atoms with Gasteiger partial charge in [0, 0.05) is 11.8 Å². The highest BCUT2D eigenvalue weighted by Crippen LogP contribution is 2.08. The van der Waals surface area contributed by atoms with Crippen LogP contribution in [0.4, 0.5) is 0 Å². The Morgan fingerprint density at radius 2 is 1.86 bits per heavy atom. The van der Waals surface area contributed by atoms with Crippen LogP contribution in [0.5, 0.6) is 0 Å². The lowest BCUT2D eigenvalue weighted by molar-refractivity contribution is -0.149. The second kappa shape index (κ2) is 7.19. The van der Waals surface area contributed by atoms with E-state index in [1.54, 1.807) is 0 Å². The number of benzene rings is 1. The van der Waals surface area contributed by atoms with E-state index in [2.05, 4.69) is 10.1 Å². The highest BCUT2D eigenvalue weighted by atomic mass is 32.2. The zero-order valence-electron chi connectivity index (χ0n) is 11.7. The molecule has 2 N–H and O–H groups in total. The van der Waals surface area contributed by atoms with E-state index >= 15 is 0 Å². The molecule has 8 heteroatoms. The summed E-state index contributed by atoms with van der Waals surface area (Å²) in [7, 11) is -2.00. The van der Waals surface area contributed by atoms with Crippen LogP contribution in [0.1, 0.15) is 15.9 Å². The minimum atomic E-state index is -3.13. The van der Waals surface area contributed by atoms with Gasteiger partial charge < -0.3 is 15.2 Å². The number of amides is 1. The molecule has 1 aromatic rings. The van der Waals surface area contributed by atoms with E-state index in [1.807, 2.05) is 0 Å². The van der Waals surface area contributed by atoms with E-state index in [4.69, 9.17) is 0 Å². The highest BCUT2D eigenvalue weighted by Gasteiger charge is 2.16. The van der Waals surface area contributed by atoms with Crippen LogP contribution in [0.15, 0.2) is 24.3 Å². The van der Waals surface area contributed by atoms with E-state index in [1.165, 1.54) is 24.3 Å². The Bertz CT molecular complexity index is 608. The first-order chi connectivity index (χ1) is 9.73. The Morgan fingerprint density at radius 1 is 1.29 bits per heavy atom. The van der Waals surface area contributed by atoms with Crippen molar-refractivity contribution < 1.29 is 27.9 Å². The molecule has 1 atom stereocenters. The van der Waals surface area contributed by atoms with Gasteiger partial charge in [0.2, 0.25) is 0 Å². The molecule has 0 aliphatic rings. The van der Waals surface area contributed by atoms with Crippen LogP contribution in [0.3, 0.4) is 0 Å². The molecule has 0 heterocycles. The summed E-state index contributed by atoms with van der Waals surface area (Å²) in [6.07, 6.45) is -0.301. The third-order valence-corrected chi connectivity index (χ3v) is 3.43. The van der Waals surface area contributed by atoms with Crippen molar-refractivity contribution >= 4 is 21.7 Å². The molecule has 0 saturated carbocycles. The summed E-state index contributed by atoms with van der Waals surface area (Å²) in [6.45, 7) is -0.267. The molecular weight excluding hydrogens is 298 g/mol. The monoisotopic (exact) mass is 315 g/mol. The number of aliphatic hydroxyl groups excluding tert-OH is 1. The summed E-state index contributed by atoms with van der Waals surface area (Å²) in [6, 6.07) is 6.01. The van der Waals surface area contributed by atoms with Crippen molar-refractivity contribution in [3.8, 4) is 0 Å². The zero-order valence-corrected chi connectivity index (χ0v) is 12.5. The molecule has 1 rings (SSSR count).